The molecule has 0 aliphatic carbocycles. The summed E-state index contributed by atoms with van der Waals surface area (Å²) in [7, 11) is 0. The normalized spacial score (nSPS) is 12.0. The molecule has 1 aromatic heterocycles. The molecule has 3 N–H and O–H groups in total. The maximum absolute atomic E-state index is 5.85. The van der Waals surface area contributed by atoms with Crippen molar-refractivity contribution >= 4 is 11.5 Å². The van der Waals surface area contributed by atoms with Gasteiger partial charge in [0, 0.05) is 6.54 Å². The highest BCUT2D eigenvalue weighted by molar-refractivity contribution is 5.53. The van der Waals surface area contributed by atoms with Gasteiger partial charge in [-0.15, -0.1) is 0 Å². The molecular weight excluding hydrogens is 238 g/mol. The topological polar surface area (TPSA) is 60.2 Å². The van der Waals surface area contributed by atoms with Crippen molar-refractivity contribution in [3.8, 4) is 5.88 Å². The fourth-order valence-electron chi connectivity index (χ4n) is 1.39. The van der Waals surface area contributed by atoms with E-state index in [2.05, 4.69) is 38.0 Å². The van der Waals surface area contributed by atoms with Gasteiger partial charge in [0.15, 0.2) is 0 Å². The van der Waals surface area contributed by atoms with E-state index >= 15 is 0 Å². The number of aromatic nitrogens is 1. The van der Waals surface area contributed by atoms with Crippen molar-refractivity contribution in [3.05, 3.63) is 12.1 Å². The van der Waals surface area contributed by atoms with Crippen LogP contribution in [0.15, 0.2) is 12.1 Å². The Hall–Kier alpha value is -1.45. The first-order valence-electron chi connectivity index (χ1n) is 6.89. The molecule has 4 nitrogen and oxygen atoms in total. The van der Waals surface area contributed by atoms with Gasteiger partial charge in [-0.3, -0.25) is 0 Å². The van der Waals surface area contributed by atoms with E-state index in [1.165, 1.54) is 0 Å². The van der Waals surface area contributed by atoms with Crippen LogP contribution in [0, 0.1) is 11.3 Å². The third-order valence-electron chi connectivity index (χ3n) is 3.53. The molecule has 0 radical (unpaired) electrons. The molecule has 0 unspecified atom stereocenters. The lowest BCUT2D eigenvalue weighted by Gasteiger charge is -2.29. The van der Waals surface area contributed by atoms with Gasteiger partial charge in [-0.1, -0.05) is 27.7 Å². The Kier molecular flexibility index (Phi) is 5.04. The highest BCUT2D eigenvalue weighted by atomic mass is 16.5. The molecule has 108 valence electrons. The number of nitrogens with two attached hydrogens (primary N) is 1. The zero-order valence-electron chi connectivity index (χ0n) is 12.9. The molecule has 0 amide bonds. The average molecular weight is 265 g/mol. The Balaban J connectivity index is 2.75. The van der Waals surface area contributed by atoms with Gasteiger partial charge in [0.1, 0.15) is 5.82 Å². The van der Waals surface area contributed by atoms with Crippen LogP contribution in [-0.4, -0.2) is 17.6 Å². The van der Waals surface area contributed by atoms with E-state index in [9.17, 15) is 0 Å². The third kappa shape index (κ3) is 4.62. The summed E-state index contributed by atoms with van der Waals surface area (Å²) in [4.78, 5) is 4.42. The minimum atomic E-state index is 0.0668. The number of nitrogens with one attached hydrogen (secondary N) is 1. The van der Waals surface area contributed by atoms with E-state index in [4.69, 9.17) is 10.5 Å². The Labute approximate surface area is 116 Å². The van der Waals surface area contributed by atoms with Crippen LogP contribution in [0.1, 0.15) is 41.5 Å². The van der Waals surface area contributed by atoms with Gasteiger partial charge < -0.3 is 15.8 Å². The molecule has 0 bridgehead atoms. The number of nitrogen functional groups attached to an aromatic ring is 1. The molecule has 0 saturated heterocycles. The van der Waals surface area contributed by atoms with Crippen molar-refractivity contribution in [2.45, 2.75) is 47.6 Å². The maximum atomic E-state index is 5.85. The Morgan fingerprint density at radius 2 is 1.89 bits per heavy atom. The largest absolute Gasteiger partial charge is 0.473 e. The van der Waals surface area contributed by atoms with E-state index in [0.717, 1.165) is 12.4 Å². The first-order valence-corrected chi connectivity index (χ1v) is 6.89. The quantitative estimate of drug-likeness (QED) is 0.826. The predicted octanol–water partition coefficient (Wildman–Crippen LogP) is 3.55. The summed E-state index contributed by atoms with van der Waals surface area (Å²) in [6, 6.07) is 3.72. The lowest BCUT2D eigenvalue weighted by atomic mass is 9.81. The Bertz CT molecular complexity index is 414. The molecule has 0 atom stereocenters. The Morgan fingerprint density at radius 1 is 1.26 bits per heavy atom. The lowest BCUT2D eigenvalue weighted by Crippen LogP contribution is -2.28. The Morgan fingerprint density at radius 3 is 2.42 bits per heavy atom. The molecule has 0 aromatic carbocycles. The van der Waals surface area contributed by atoms with Crippen LogP contribution in [0.5, 0.6) is 5.88 Å². The standard InChI is InChI=1S/C15H27N3O/c1-10(2)15(5,6)9-17-13-8-7-12(16)14(18-13)19-11(3)4/h7-8,10-11H,9,16H2,1-6H3,(H,17,18). The van der Waals surface area contributed by atoms with Crippen LogP contribution in [0.4, 0.5) is 11.5 Å². The highest BCUT2D eigenvalue weighted by Gasteiger charge is 2.22. The minimum Gasteiger partial charge on any atom is -0.473 e. The molecule has 0 fully saturated rings. The van der Waals surface area contributed by atoms with Gasteiger partial charge in [0.05, 0.1) is 11.8 Å². The first-order chi connectivity index (χ1) is 8.72. The molecule has 0 spiro atoms. The SMILES string of the molecule is CC(C)Oc1nc(NCC(C)(C)C(C)C)ccc1N. The van der Waals surface area contributed by atoms with E-state index in [0.29, 0.717) is 17.5 Å². The molecule has 1 aromatic rings. The molecule has 1 rings (SSSR count). The number of nitrogens with zero attached hydrogens (tertiary/aromatic N) is 1. The molecule has 0 saturated carbocycles. The highest BCUT2D eigenvalue weighted by Crippen LogP contribution is 2.27. The number of rotatable bonds is 6. The smallest absolute Gasteiger partial charge is 0.239 e. The van der Waals surface area contributed by atoms with Crippen molar-refractivity contribution in [3.63, 3.8) is 0 Å². The summed E-state index contributed by atoms with van der Waals surface area (Å²) in [6.07, 6.45) is 0.0668. The lowest BCUT2D eigenvalue weighted by molar-refractivity contribution is 0.234. The number of pyridine rings is 1. The molecule has 19 heavy (non-hydrogen) atoms. The number of hydrogen-bond donors (Lipinski definition) is 2. The number of anilines is 2. The molecule has 1 heterocycles. The van der Waals surface area contributed by atoms with E-state index < -0.39 is 0 Å². The fourth-order valence-corrected chi connectivity index (χ4v) is 1.39. The fraction of sp³-hybridized carbons (Fsp3) is 0.667. The molecule has 4 heteroatoms. The van der Waals surface area contributed by atoms with Crippen LogP contribution in [0.2, 0.25) is 0 Å². The monoisotopic (exact) mass is 265 g/mol. The van der Waals surface area contributed by atoms with Crippen molar-refractivity contribution in [1.82, 2.24) is 4.98 Å². The van der Waals surface area contributed by atoms with Crippen LogP contribution in [-0.2, 0) is 0 Å². The van der Waals surface area contributed by atoms with Crippen LogP contribution < -0.4 is 15.8 Å². The molecule has 0 aliphatic heterocycles. The van der Waals surface area contributed by atoms with E-state index in [1.54, 1.807) is 0 Å². The average Bonchev–Trinajstić information content (AvgIpc) is 2.29. The summed E-state index contributed by atoms with van der Waals surface area (Å²) < 4.78 is 5.59. The molecule has 0 aliphatic rings. The second-order valence-corrected chi connectivity index (χ2v) is 6.25. The first kappa shape index (κ1) is 15.6. The van der Waals surface area contributed by atoms with Gasteiger partial charge >= 0.3 is 0 Å². The summed E-state index contributed by atoms with van der Waals surface area (Å²) in [5, 5.41) is 3.36. The van der Waals surface area contributed by atoms with Crippen LogP contribution >= 0.6 is 0 Å². The van der Waals surface area contributed by atoms with Gasteiger partial charge in [0.25, 0.3) is 0 Å². The third-order valence-corrected chi connectivity index (χ3v) is 3.53. The summed E-state index contributed by atoms with van der Waals surface area (Å²) >= 11 is 0. The molecular formula is C15H27N3O. The summed E-state index contributed by atoms with van der Waals surface area (Å²) in [5.41, 5.74) is 6.63. The zero-order valence-corrected chi connectivity index (χ0v) is 12.9. The maximum Gasteiger partial charge on any atom is 0.239 e. The van der Waals surface area contributed by atoms with Crippen LogP contribution in [0.3, 0.4) is 0 Å². The van der Waals surface area contributed by atoms with Gasteiger partial charge in [-0.05, 0) is 37.3 Å². The second-order valence-electron chi connectivity index (χ2n) is 6.25. The zero-order chi connectivity index (χ0) is 14.6. The van der Waals surface area contributed by atoms with Crippen molar-refractivity contribution < 1.29 is 4.74 Å². The summed E-state index contributed by atoms with van der Waals surface area (Å²) in [5.74, 6) is 1.90. The van der Waals surface area contributed by atoms with Gasteiger partial charge in [-0.2, -0.15) is 4.98 Å². The van der Waals surface area contributed by atoms with E-state index in [1.807, 2.05) is 26.0 Å². The predicted molar refractivity (Wildman–Crippen MR) is 81.5 cm³/mol. The summed E-state index contributed by atoms with van der Waals surface area (Å²) in [6.45, 7) is 13.7. The van der Waals surface area contributed by atoms with Crippen molar-refractivity contribution in [1.29, 1.82) is 0 Å². The number of ether oxygens (including phenoxy) is 1. The van der Waals surface area contributed by atoms with Gasteiger partial charge in [-0.25, -0.2) is 0 Å². The minimum absolute atomic E-state index is 0.0668. The van der Waals surface area contributed by atoms with E-state index in [-0.39, 0.29) is 11.5 Å². The second kappa shape index (κ2) is 6.13. The van der Waals surface area contributed by atoms with Crippen molar-refractivity contribution in [2.24, 2.45) is 11.3 Å². The number of hydrogen-bond acceptors (Lipinski definition) is 4. The van der Waals surface area contributed by atoms with Gasteiger partial charge in [0.2, 0.25) is 5.88 Å². The van der Waals surface area contributed by atoms with Crippen LogP contribution in [0.25, 0.3) is 0 Å². The van der Waals surface area contributed by atoms with Crippen molar-refractivity contribution in [2.75, 3.05) is 17.6 Å².